The van der Waals surface area contributed by atoms with E-state index in [0.29, 0.717) is 5.56 Å². The Bertz CT molecular complexity index is 1260. The van der Waals surface area contributed by atoms with E-state index >= 15 is 0 Å². The van der Waals surface area contributed by atoms with Crippen LogP contribution in [0.5, 0.6) is 0 Å². The van der Waals surface area contributed by atoms with Gasteiger partial charge in [0.1, 0.15) is 5.70 Å². The van der Waals surface area contributed by atoms with E-state index in [2.05, 4.69) is 10.6 Å². The van der Waals surface area contributed by atoms with Crippen LogP contribution in [0.4, 0.5) is 0 Å². The van der Waals surface area contributed by atoms with Gasteiger partial charge in [0.05, 0.1) is 6.04 Å². The molecule has 4 rings (SSSR count). The molecule has 0 heterocycles. The molecule has 2 N–H and O–H groups in total. The summed E-state index contributed by atoms with van der Waals surface area (Å²) in [5.74, 6) is -0.735. The zero-order chi connectivity index (χ0) is 24.3. The standard InChI is InChI=1S/C31H26N2O2/c34-30(27-21-11-4-12-22-27)32-28(23-13-16-24-14-5-1-6-15-24)31(35)33-29(25-17-7-2-8-18-25)26-19-9-3-10-20-26/h1-23,29H,(H,32,34)(H,33,35). The lowest BCUT2D eigenvalue weighted by Gasteiger charge is -2.21. The average Bonchev–Trinajstić information content (AvgIpc) is 2.93. The van der Waals surface area contributed by atoms with Crippen molar-refractivity contribution in [2.24, 2.45) is 0 Å². The first-order valence-corrected chi connectivity index (χ1v) is 11.4. The molecule has 4 aromatic carbocycles. The van der Waals surface area contributed by atoms with Gasteiger partial charge in [0.25, 0.3) is 11.8 Å². The fraction of sp³-hybridized carbons (Fsp3) is 0.0323. The lowest BCUT2D eigenvalue weighted by atomic mass is 9.98. The quantitative estimate of drug-likeness (QED) is 0.254. The largest absolute Gasteiger partial charge is 0.340 e. The van der Waals surface area contributed by atoms with Gasteiger partial charge >= 0.3 is 0 Å². The number of benzene rings is 4. The van der Waals surface area contributed by atoms with E-state index in [1.807, 2.05) is 103 Å². The molecule has 0 spiro atoms. The summed E-state index contributed by atoms with van der Waals surface area (Å²) in [7, 11) is 0. The number of nitrogens with one attached hydrogen (secondary N) is 2. The molecule has 0 unspecified atom stereocenters. The van der Waals surface area contributed by atoms with Crippen molar-refractivity contribution in [1.29, 1.82) is 0 Å². The van der Waals surface area contributed by atoms with E-state index in [1.165, 1.54) is 0 Å². The number of carbonyl (C=O) groups excluding carboxylic acids is 2. The fourth-order valence-electron chi connectivity index (χ4n) is 3.64. The Balaban J connectivity index is 1.62. The lowest BCUT2D eigenvalue weighted by Crippen LogP contribution is -2.37. The van der Waals surface area contributed by atoms with Crippen molar-refractivity contribution in [1.82, 2.24) is 10.6 Å². The third kappa shape index (κ3) is 6.65. The minimum Gasteiger partial charge on any atom is -0.340 e. The highest BCUT2D eigenvalue weighted by molar-refractivity contribution is 6.03. The van der Waals surface area contributed by atoms with Gasteiger partial charge in [0.2, 0.25) is 0 Å². The van der Waals surface area contributed by atoms with Gasteiger partial charge in [-0.3, -0.25) is 9.59 Å². The minimum absolute atomic E-state index is 0.155. The Kier molecular flexibility index (Phi) is 8.01. The maximum absolute atomic E-state index is 13.5. The van der Waals surface area contributed by atoms with Crippen molar-refractivity contribution in [2.45, 2.75) is 6.04 Å². The second-order valence-electron chi connectivity index (χ2n) is 7.90. The predicted octanol–water partition coefficient (Wildman–Crippen LogP) is 5.92. The van der Waals surface area contributed by atoms with Gasteiger partial charge < -0.3 is 10.6 Å². The van der Waals surface area contributed by atoms with Crippen LogP contribution in [0.1, 0.15) is 33.1 Å². The van der Waals surface area contributed by atoms with E-state index in [4.69, 9.17) is 0 Å². The van der Waals surface area contributed by atoms with E-state index in [1.54, 1.807) is 36.4 Å². The van der Waals surface area contributed by atoms with Gasteiger partial charge in [0, 0.05) is 5.56 Å². The fourth-order valence-corrected chi connectivity index (χ4v) is 3.64. The number of hydrogen-bond acceptors (Lipinski definition) is 2. The lowest BCUT2D eigenvalue weighted by molar-refractivity contribution is -0.118. The van der Waals surface area contributed by atoms with E-state index < -0.39 is 0 Å². The van der Waals surface area contributed by atoms with E-state index in [-0.39, 0.29) is 23.6 Å². The molecule has 0 aliphatic heterocycles. The van der Waals surface area contributed by atoms with Gasteiger partial charge in [-0.25, -0.2) is 0 Å². The molecule has 172 valence electrons. The molecule has 4 aromatic rings. The molecule has 0 aliphatic rings. The van der Waals surface area contributed by atoms with Gasteiger partial charge in [-0.05, 0) is 34.9 Å². The number of amides is 2. The molecule has 4 heteroatoms. The van der Waals surface area contributed by atoms with Crippen LogP contribution in [0.3, 0.4) is 0 Å². The van der Waals surface area contributed by atoms with Crippen LogP contribution in [0.2, 0.25) is 0 Å². The molecule has 0 fully saturated rings. The van der Waals surface area contributed by atoms with Crippen molar-refractivity contribution in [3.8, 4) is 0 Å². The Morgan fingerprint density at radius 3 is 1.66 bits per heavy atom. The summed E-state index contributed by atoms with van der Waals surface area (Å²) in [4.78, 5) is 26.3. The maximum Gasteiger partial charge on any atom is 0.268 e. The predicted molar refractivity (Wildman–Crippen MR) is 140 cm³/mol. The summed E-state index contributed by atoms with van der Waals surface area (Å²) in [6.07, 6.45) is 5.26. The molecule has 0 aromatic heterocycles. The molecule has 0 aliphatic carbocycles. The highest BCUT2D eigenvalue weighted by Crippen LogP contribution is 2.22. The van der Waals surface area contributed by atoms with Crippen LogP contribution < -0.4 is 10.6 Å². The molecule has 0 bridgehead atoms. The summed E-state index contributed by atoms with van der Waals surface area (Å²) in [5, 5.41) is 5.89. The molecule has 4 nitrogen and oxygen atoms in total. The molecule has 0 saturated carbocycles. The highest BCUT2D eigenvalue weighted by atomic mass is 16.2. The Labute approximate surface area is 205 Å². The zero-order valence-corrected chi connectivity index (χ0v) is 19.2. The summed E-state index contributed by atoms with van der Waals surface area (Å²) in [6, 6.07) is 37.7. The number of allylic oxidation sites excluding steroid dienone is 2. The van der Waals surface area contributed by atoms with Crippen LogP contribution in [0.25, 0.3) is 6.08 Å². The molecular formula is C31H26N2O2. The Hall–Kier alpha value is -4.70. The Morgan fingerprint density at radius 1 is 0.629 bits per heavy atom. The number of rotatable bonds is 8. The third-order valence-corrected chi connectivity index (χ3v) is 5.42. The number of hydrogen-bond donors (Lipinski definition) is 2. The van der Waals surface area contributed by atoms with Crippen LogP contribution in [-0.4, -0.2) is 11.8 Å². The molecule has 35 heavy (non-hydrogen) atoms. The van der Waals surface area contributed by atoms with E-state index in [9.17, 15) is 9.59 Å². The van der Waals surface area contributed by atoms with Crippen LogP contribution in [0.15, 0.2) is 139 Å². The Morgan fingerprint density at radius 2 is 1.11 bits per heavy atom. The smallest absolute Gasteiger partial charge is 0.268 e. The second-order valence-corrected chi connectivity index (χ2v) is 7.90. The summed E-state index contributed by atoms with van der Waals surface area (Å²) < 4.78 is 0. The first-order chi connectivity index (χ1) is 17.2. The van der Waals surface area contributed by atoms with Gasteiger partial charge in [-0.15, -0.1) is 0 Å². The van der Waals surface area contributed by atoms with Crippen molar-refractivity contribution in [3.05, 3.63) is 161 Å². The van der Waals surface area contributed by atoms with Crippen LogP contribution in [0, 0.1) is 0 Å². The number of carbonyl (C=O) groups is 2. The normalized spacial score (nSPS) is 11.4. The minimum atomic E-state index is -0.385. The second kappa shape index (κ2) is 12.0. The molecule has 0 saturated heterocycles. The van der Waals surface area contributed by atoms with Crippen molar-refractivity contribution in [3.63, 3.8) is 0 Å². The van der Waals surface area contributed by atoms with Gasteiger partial charge in [-0.1, -0.05) is 121 Å². The topological polar surface area (TPSA) is 58.2 Å². The first kappa shape index (κ1) is 23.5. The maximum atomic E-state index is 13.5. The summed E-state index contributed by atoms with van der Waals surface area (Å²) in [5.41, 5.74) is 3.51. The van der Waals surface area contributed by atoms with E-state index in [0.717, 1.165) is 16.7 Å². The van der Waals surface area contributed by atoms with Crippen molar-refractivity contribution < 1.29 is 9.59 Å². The monoisotopic (exact) mass is 458 g/mol. The highest BCUT2D eigenvalue weighted by Gasteiger charge is 2.20. The third-order valence-electron chi connectivity index (χ3n) is 5.42. The summed E-state index contributed by atoms with van der Waals surface area (Å²) in [6.45, 7) is 0. The van der Waals surface area contributed by atoms with Crippen LogP contribution >= 0.6 is 0 Å². The van der Waals surface area contributed by atoms with Gasteiger partial charge in [-0.2, -0.15) is 0 Å². The molecule has 0 radical (unpaired) electrons. The van der Waals surface area contributed by atoms with Crippen molar-refractivity contribution >= 4 is 17.9 Å². The molecule has 2 amide bonds. The van der Waals surface area contributed by atoms with Gasteiger partial charge in [0.15, 0.2) is 0 Å². The van der Waals surface area contributed by atoms with Crippen molar-refractivity contribution in [2.75, 3.05) is 0 Å². The summed E-state index contributed by atoms with van der Waals surface area (Å²) >= 11 is 0. The zero-order valence-electron chi connectivity index (χ0n) is 19.2. The average molecular weight is 459 g/mol. The SMILES string of the molecule is O=C(NC(c1ccccc1)c1ccccc1)C(=CC=Cc1ccccc1)NC(=O)c1ccccc1. The molecular weight excluding hydrogens is 432 g/mol. The molecule has 0 atom stereocenters. The van der Waals surface area contributed by atoms with Crippen LogP contribution in [-0.2, 0) is 4.79 Å². The first-order valence-electron chi connectivity index (χ1n) is 11.4.